The number of hydrogen-bond donors (Lipinski definition) is 2. The molecule has 0 amide bonds. The molecule has 1 aromatic carbocycles. The molecule has 3 rings (SSSR count). The summed E-state index contributed by atoms with van der Waals surface area (Å²) in [7, 11) is -3.76. The fraction of sp³-hybridized carbons (Fsp3) is 0.250. The summed E-state index contributed by atoms with van der Waals surface area (Å²) in [4.78, 5) is 0.0936. The van der Waals surface area contributed by atoms with Gasteiger partial charge in [-0.05, 0) is 54.4 Å². The van der Waals surface area contributed by atoms with E-state index in [4.69, 9.17) is 34.9 Å². The van der Waals surface area contributed by atoms with E-state index in [1.54, 1.807) is 35.7 Å². The van der Waals surface area contributed by atoms with Crippen LogP contribution in [0.5, 0.6) is 0 Å². The number of benzene rings is 1. The first-order valence-corrected chi connectivity index (χ1v) is 10.9. The molecule has 0 saturated carbocycles. The van der Waals surface area contributed by atoms with Gasteiger partial charge in [-0.25, -0.2) is 8.42 Å². The fourth-order valence-corrected chi connectivity index (χ4v) is 5.70. The number of ether oxygens (including phenoxy) is 1. The molecule has 0 saturated heterocycles. The molecular formula is C16H17N3O3S4. The van der Waals surface area contributed by atoms with Crippen LogP contribution in [-0.4, -0.2) is 31.2 Å². The van der Waals surface area contributed by atoms with Crippen molar-refractivity contribution in [3.63, 3.8) is 0 Å². The van der Waals surface area contributed by atoms with Crippen LogP contribution in [0.2, 0.25) is 0 Å². The summed E-state index contributed by atoms with van der Waals surface area (Å²) in [5, 5.41) is 5.03. The molecule has 0 fully saturated rings. The topological polar surface area (TPSA) is 84.7 Å². The van der Waals surface area contributed by atoms with Gasteiger partial charge in [-0.15, -0.1) is 11.3 Å². The Morgan fingerprint density at radius 1 is 1.46 bits per heavy atom. The van der Waals surface area contributed by atoms with Crippen molar-refractivity contribution in [2.75, 3.05) is 16.2 Å². The first kappa shape index (κ1) is 19.0. The number of nitrogens with zero attached hydrogens (tertiary/aromatic N) is 1. The zero-order valence-electron chi connectivity index (χ0n) is 13.8. The van der Waals surface area contributed by atoms with Crippen LogP contribution >= 0.6 is 35.8 Å². The van der Waals surface area contributed by atoms with Gasteiger partial charge >= 0.3 is 0 Å². The van der Waals surface area contributed by atoms with Gasteiger partial charge in [0, 0.05) is 12.1 Å². The minimum Gasteiger partial charge on any atom is -0.467 e. The van der Waals surface area contributed by atoms with Crippen molar-refractivity contribution in [2.24, 2.45) is 5.73 Å². The second-order valence-corrected chi connectivity index (χ2v) is 9.73. The maximum absolute atomic E-state index is 13.0. The van der Waals surface area contributed by atoms with Crippen LogP contribution in [0.25, 0.3) is 0 Å². The number of thiocarbonyl (C=S) groups is 2. The third-order valence-corrected chi connectivity index (χ3v) is 7.24. The summed E-state index contributed by atoms with van der Waals surface area (Å²) < 4.78 is 33.1. The van der Waals surface area contributed by atoms with Crippen LogP contribution in [0.3, 0.4) is 0 Å². The number of rotatable bonds is 5. The Labute approximate surface area is 167 Å². The monoisotopic (exact) mass is 427 g/mol. The molecule has 138 valence electrons. The normalized spacial score (nSPS) is 16.8. The number of sulfonamides is 1. The van der Waals surface area contributed by atoms with Gasteiger partial charge in [0.15, 0.2) is 0 Å². The van der Waals surface area contributed by atoms with E-state index in [1.165, 1.54) is 4.31 Å². The Hall–Kier alpha value is -1.75. The Morgan fingerprint density at radius 2 is 2.23 bits per heavy atom. The number of nitrogens with two attached hydrogens (primary N) is 1. The maximum Gasteiger partial charge on any atom is 0.274 e. The second-order valence-electron chi connectivity index (χ2n) is 5.80. The Morgan fingerprint density at radius 3 is 2.88 bits per heavy atom. The molecule has 2 heterocycles. The molecule has 1 unspecified atom stereocenters. The molecule has 0 radical (unpaired) electrons. The van der Waals surface area contributed by atoms with Gasteiger partial charge < -0.3 is 15.8 Å². The summed E-state index contributed by atoms with van der Waals surface area (Å²) in [5.74, 6) is 0. The average Bonchev–Trinajstić information content (AvgIpc) is 3.04. The lowest BCUT2D eigenvalue weighted by molar-refractivity contribution is 0.217. The van der Waals surface area contributed by atoms with E-state index in [0.717, 1.165) is 22.6 Å². The lowest BCUT2D eigenvalue weighted by Crippen LogP contribution is -2.37. The molecule has 0 bridgehead atoms. The van der Waals surface area contributed by atoms with Crippen LogP contribution in [0.4, 0.5) is 11.4 Å². The minimum absolute atomic E-state index is 0.0771. The van der Waals surface area contributed by atoms with Crippen LogP contribution in [0, 0.1) is 0 Å². The summed E-state index contributed by atoms with van der Waals surface area (Å²) >= 11 is 11.3. The lowest BCUT2D eigenvalue weighted by atomic mass is 10.1. The molecule has 26 heavy (non-hydrogen) atoms. The van der Waals surface area contributed by atoms with E-state index >= 15 is 0 Å². The third kappa shape index (κ3) is 3.98. The molecule has 0 spiro atoms. The number of nitrogens with one attached hydrogen (secondary N) is 1. The maximum atomic E-state index is 13.0. The second kappa shape index (κ2) is 7.47. The molecule has 1 aliphatic rings. The van der Waals surface area contributed by atoms with Crippen molar-refractivity contribution in [2.45, 2.75) is 23.7 Å². The van der Waals surface area contributed by atoms with E-state index in [0.29, 0.717) is 17.3 Å². The van der Waals surface area contributed by atoms with Crippen molar-refractivity contribution in [1.29, 1.82) is 0 Å². The summed E-state index contributed by atoms with van der Waals surface area (Å²) in [5.41, 5.74) is 7.86. The Bertz CT molecular complexity index is 942. The van der Waals surface area contributed by atoms with Gasteiger partial charge in [0.2, 0.25) is 0 Å². The molecule has 3 N–H and O–H groups in total. The van der Waals surface area contributed by atoms with E-state index in [2.05, 4.69) is 5.32 Å². The standard InChI is InChI=1S/C16H17N3O3S4/c1-10-7-11-8-12(4-5-13(11)18-16(24)22-10)19(9-14(17)23)26(20,21)15-3-2-6-25-15/h2-6,8,10H,7,9H2,1H3,(H2,17,23)(H,18,24). The van der Waals surface area contributed by atoms with Crippen molar-refractivity contribution >= 4 is 67.3 Å². The van der Waals surface area contributed by atoms with Crippen molar-refractivity contribution in [3.8, 4) is 0 Å². The summed E-state index contributed by atoms with van der Waals surface area (Å²) in [6, 6.07) is 8.55. The summed E-state index contributed by atoms with van der Waals surface area (Å²) in [6.07, 6.45) is 0.473. The van der Waals surface area contributed by atoms with Crippen molar-refractivity contribution in [1.82, 2.24) is 0 Å². The highest BCUT2D eigenvalue weighted by Gasteiger charge is 2.28. The zero-order valence-corrected chi connectivity index (χ0v) is 17.1. The quantitative estimate of drug-likeness (QED) is 0.710. The van der Waals surface area contributed by atoms with Crippen LogP contribution in [-0.2, 0) is 21.2 Å². The predicted octanol–water partition coefficient (Wildman–Crippen LogP) is 2.89. The van der Waals surface area contributed by atoms with E-state index < -0.39 is 10.0 Å². The molecular weight excluding hydrogens is 410 g/mol. The third-order valence-electron chi connectivity index (χ3n) is 3.77. The largest absolute Gasteiger partial charge is 0.467 e. The smallest absolute Gasteiger partial charge is 0.274 e. The molecule has 2 aromatic rings. The van der Waals surface area contributed by atoms with Crippen LogP contribution in [0.15, 0.2) is 39.9 Å². The molecule has 0 aliphatic carbocycles. The van der Waals surface area contributed by atoms with Crippen LogP contribution in [0.1, 0.15) is 12.5 Å². The van der Waals surface area contributed by atoms with Gasteiger partial charge in [-0.2, -0.15) is 0 Å². The van der Waals surface area contributed by atoms with E-state index in [9.17, 15) is 8.42 Å². The minimum atomic E-state index is -3.76. The summed E-state index contributed by atoms with van der Waals surface area (Å²) in [6.45, 7) is 1.83. The van der Waals surface area contributed by atoms with Crippen molar-refractivity contribution in [3.05, 3.63) is 41.3 Å². The SMILES string of the molecule is CC1Cc2cc(N(CC(N)=S)S(=O)(=O)c3cccs3)ccc2NC(=S)O1. The van der Waals surface area contributed by atoms with Gasteiger partial charge in [0.1, 0.15) is 10.3 Å². The Kier molecular flexibility index (Phi) is 5.47. The molecule has 10 heteroatoms. The zero-order chi connectivity index (χ0) is 18.9. The predicted molar refractivity (Wildman–Crippen MR) is 113 cm³/mol. The van der Waals surface area contributed by atoms with Crippen molar-refractivity contribution < 1.29 is 13.2 Å². The molecule has 6 nitrogen and oxygen atoms in total. The number of fused-ring (bicyclic) bond motifs is 1. The van der Waals surface area contributed by atoms with Gasteiger partial charge in [0.05, 0.1) is 17.2 Å². The number of thiophene rings is 1. The Balaban J connectivity index is 2.06. The highest BCUT2D eigenvalue weighted by atomic mass is 32.2. The fourth-order valence-electron chi connectivity index (χ4n) is 2.68. The first-order valence-electron chi connectivity index (χ1n) is 7.72. The molecule has 1 atom stereocenters. The highest BCUT2D eigenvalue weighted by Crippen LogP contribution is 2.31. The molecule has 1 aliphatic heterocycles. The molecule has 1 aromatic heterocycles. The number of anilines is 2. The highest BCUT2D eigenvalue weighted by molar-refractivity contribution is 7.94. The average molecular weight is 428 g/mol. The van der Waals surface area contributed by atoms with Gasteiger partial charge in [-0.1, -0.05) is 18.3 Å². The van der Waals surface area contributed by atoms with E-state index in [1.807, 2.05) is 6.92 Å². The van der Waals surface area contributed by atoms with Crippen LogP contribution < -0.4 is 15.4 Å². The van der Waals surface area contributed by atoms with Gasteiger partial charge in [0.25, 0.3) is 15.2 Å². The first-order chi connectivity index (χ1) is 12.3. The van der Waals surface area contributed by atoms with Gasteiger partial charge in [-0.3, -0.25) is 4.31 Å². The van der Waals surface area contributed by atoms with E-state index in [-0.39, 0.29) is 21.8 Å². The number of hydrogen-bond acceptors (Lipinski definition) is 6. The lowest BCUT2D eigenvalue weighted by Gasteiger charge is -2.24.